The zero-order valence-electron chi connectivity index (χ0n) is 23.0. The standard InChI is InChI=1S/C29H40N2O6S/c1-28(2,3)37-27(35)30-22(19-14-10-7-11-15-19)21(32)16-20-24(33)31-23(29(4,5)38-25(20)31)26(34)36-17-18-12-8-6-9-13-18/h7,10-11,14-15,18,20,22-23,25H,6,8-9,12-13,16-17H2,1-5H3,(H,30,35)/t20-,22-,23+,25-/m1/s1. The summed E-state index contributed by atoms with van der Waals surface area (Å²) in [5.41, 5.74) is -0.0959. The molecule has 0 unspecified atom stereocenters. The van der Waals surface area contributed by atoms with Crippen molar-refractivity contribution in [3.05, 3.63) is 35.9 Å². The van der Waals surface area contributed by atoms with Gasteiger partial charge < -0.3 is 19.7 Å². The summed E-state index contributed by atoms with van der Waals surface area (Å²) >= 11 is 1.54. The highest BCUT2D eigenvalue weighted by Gasteiger charge is 2.64. The smallest absolute Gasteiger partial charge is 0.408 e. The molecule has 0 bridgehead atoms. The Balaban J connectivity index is 1.42. The van der Waals surface area contributed by atoms with Crippen LogP contribution < -0.4 is 5.32 Å². The first-order valence-corrected chi connectivity index (χ1v) is 14.5. The Morgan fingerprint density at radius 1 is 1.11 bits per heavy atom. The van der Waals surface area contributed by atoms with Crippen LogP contribution in [0.1, 0.15) is 84.7 Å². The number of hydrogen-bond acceptors (Lipinski definition) is 7. The molecule has 1 aromatic carbocycles. The fourth-order valence-corrected chi connectivity index (χ4v) is 7.32. The number of ether oxygens (including phenoxy) is 2. The minimum Gasteiger partial charge on any atom is -0.464 e. The zero-order valence-corrected chi connectivity index (χ0v) is 23.8. The Labute approximate surface area is 229 Å². The van der Waals surface area contributed by atoms with Crippen LogP contribution in [0.5, 0.6) is 0 Å². The summed E-state index contributed by atoms with van der Waals surface area (Å²) in [7, 11) is 0. The summed E-state index contributed by atoms with van der Waals surface area (Å²) in [4.78, 5) is 54.1. The molecule has 4 atom stereocenters. The molecule has 8 nitrogen and oxygen atoms in total. The van der Waals surface area contributed by atoms with Crippen LogP contribution >= 0.6 is 11.8 Å². The van der Waals surface area contributed by atoms with E-state index in [4.69, 9.17) is 9.47 Å². The highest BCUT2D eigenvalue weighted by molar-refractivity contribution is 8.01. The van der Waals surface area contributed by atoms with E-state index in [1.165, 1.54) is 31.0 Å². The average molecular weight is 545 g/mol. The first-order chi connectivity index (χ1) is 17.9. The molecule has 1 N–H and O–H groups in total. The summed E-state index contributed by atoms with van der Waals surface area (Å²) in [5, 5.41) is 2.41. The molecular weight excluding hydrogens is 504 g/mol. The molecule has 1 aliphatic carbocycles. The maximum absolute atomic E-state index is 13.5. The van der Waals surface area contributed by atoms with Gasteiger partial charge in [-0.3, -0.25) is 9.59 Å². The second-order valence-corrected chi connectivity index (χ2v) is 13.9. The second kappa shape index (κ2) is 11.3. The largest absolute Gasteiger partial charge is 0.464 e. The zero-order chi connectivity index (χ0) is 27.7. The lowest BCUT2D eigenvalue weighted by Gasteiger charge is -2.44. The van der Waals surface area contributed by atoms with E-state index in [0.29, 0.717) is 18.1 Å². The monoisotopic (exact) mass is 544 g/mol. The minimum atomic E-state index is -0.941. The number of thioether (sulfide) groups is 1. The van der Waals surface area contributed by atoms with Crippen LogP contribution in [0.3, 0.4) is 0 Å². The molecule has 0 spiro atoms. The topological polar surface area (TPSA) is 102 Å². The Morgan fingerprint density at radius 2 is 1.76 bits per heavy atom. The lowest BCUT2D eigenvalue weighted by Crippen LogP contribution is -2.63. The number of alkyl carbamates (subject to hydrolysis) is 1. The lowest BCUT2D eigenvalue weighted by atomic mass is 9.86. The van der Waals surface area contributed by atoms with Crippen LogP contribution in [0, 0.1) is 11.8 Å². The van der Waals surface area contributed by atoms with Crippen LogP contribution in [0.4, 0.5) is 4.79 Å². The van der Waals surface area contributed by atoms with Crippen molar-refractivity contribution < 1.29 is 28.7 Å². The fourth-order valence-electron chi connectivity index (χ4n) is 5.65. The molecule has 208 valence electrons. The number of amides is 2. The maximum Gasteiger partial charge on any atom is 0.408 e. The molecule has 0 aromatic heterocycles. The van der Waals surface area contributed by atoms with Crippen molar-refractivity contribution in [1.29, 1.82) is 0 Å². The van der Waals surface area contributed by atoms with E-state index < -0.39 is 34.4 Å². The molecule has 2 saturated heterocycles. The number of Topliss-reactive ketones (excluding diaryl/α,β-unsaturated/α-hetero) is 1. The number of carbonyl (C=O) groups excluding carboxylic acids is 4. The summed E-state index contributed by atoms with van der Waals surface area (Å²) in [6.07, 6.45) is 4.99. The number of fused-ring (bicyclic) bond motifs is 1. The minimum absolute atomic E-state index is 0.0394. The van der Waals surface area contributed by atoms with Gasteiger partial charge in [-0.05, 0) is 58.9 Å². The number of nitrogens with one attached hydrogen (secondary N) is 1. The lowest BCUT2D eigenvalue weighted by molar-refractivity contribution is -0.168. The average Bonchev–Trinajstić information content (AvgIpc) is 3.12. The summed E-state index contributed by atoms with van der Waals surface area (Å²) in [6.45, 7) is 9.56. The van der Waals surface area contributed by atoms with Crippen molar-refractivity contribution in [2.75, 3.05) is 6.61 Å². The normalized spacial score (nSPS) is 25.7. The van der Waals surface area contributed by atoms with Gasteiger partial charge in [0.15, 0.2) is 5.78 Å². The van der Waals surface area contributed by atoms with Crippen molar-refractivity contribution in [1.82, 2.24) is 10.2 Å². The Morgan fingerprint density at radius 3 is 2.39 bits per heavy atom. The number of benzene rings is 1. The summed E-state index contributed by atoms with van der Waals surface area (Å²) in [6, 6.07) is 7.33. The second-order valence-electron chi connectivity index (χ2n) is 12.2. The molecule has 2 amide bonds. The SMILES string of the molecule is CC(C)(C)OC(=O)N[C@@H](C(=O)C[C@@H]1C(=O)N2[C@@H]1SC(C)(C)[C@@H]2C(=O)OCC1CCCCC1)c1ccccc1. The molecule has 9 heteroatoms. The third-order valence-corrected chi connectivity index (χ3v) is 9.13. The van der Waals surface area contributed by atoms with Gasteiger partial charge in [-0.25, -0.2) is 9.59 Å². The van der Waals surface area contributed by atoms with Gasteiger partial charge in [0, 0.05) is 11.2 Å². The predicted octanol–water partition coefficient (Wildman–Crippen LogP) is 5.01. The van der Waals surface area contributed by atoms with Gasteiger partial charge in [-0.1, -0.05) is 49.6 Å². The number of hydrogen-bond donors (Lipinski definition) is 1. The number of β-lactam (4-membered cyclic amide) rings is 1. The van der Waals surface area contributed by atoms with Gasteiger partial charge in [0.25, 0.3) is 0 Å². The van der Waals surface area contributed by atoms with Gasteiger partial charge in [-0.2, -0.15) is 0 Å². The van der Waals surface area contributed by atoms with Crippen molar-refractivity contribution >= 4 is 35.5 Å². The van der Waals surface area contributed by atoms with Gasteiger partial charge in [-0.15, -0.1) is 11.8 Å². The highest BCUT2D eigenvalue weighted by Crippen LogP contribution is 2.54. The van der Waals surface area contributed by atoms with Gasteiger partial charge >= 0.3 is 12.1 Å². The van der Waals surface area contributed by atoms with Crippen LogP contribution in [0.2, 0.25) is 0 Å². The molecule has 1 aromatic rings. The van der Waals surface area contributed by atoms with Crippen LogP contribution in [-0.2, 0) is 23.9 Å². The van der Waals surface area contributed by atoms with Crippen LogP contribution in [-0.4, -0.2) is 57.0 Å². The first kappa shape index (κ1) is 28.5. The maximum atomic E-state index is 13.5. The predicted molar refractivity (Wildman–Crippen MR) is 145 cm³/mol. The van der Waals surface area contributed by atoms with Crippen LogP contribution in [0.15, 0.2) is 30.3 Å². The molecule has 3 fully saturated rings. The molecule has 4 rings (SSSR count). The summed E-state index contributed by atoms with van der Waals surface area (Å²) < 4.78 is 10.6. The Bertz CT molecular complexity index is 1050. The van der Waals surface area contributed by atoms with E-state index in [1.807, 2.05) is 19.9 Å². The molecule has 2 heterocycles. The van der Waals surface area contributed by atoms with E-state index in [-0.39, 0.29) is 29.5 Å². The van der Waals surface area contributed by atoms with Crippen LogP contribution in [0.25, 0.3) is 0 Å². The number of carbonyl (C=O) groups is 4. The van der Waals surface area contributed by atoms with Crippen molar-refractivity contribution in [3.8, 4) is 0 Å². The number of nitrogens with zero attached hydrogens (tertiary/aromatic N) is 1. The van der Waals surface area contributed by atoms with Gasteiger partial charge in [0.05, 0.1) is 17.9 Å². The number of esters is 1. The van der Waals surface area contributed by atoms with E-state index in [9.17, 15) is 19.2 Å². The van der Waals surface area contributed by atoms with Crippen molar-refractivity contribution in [3.63, 3.8) is 0 Å². The molecule has 3 aliphatic rings. The van der Waals surface area contributed by atoms with Crippen molar-refractivity contribution in [2.24, 2.45) is 11.8 Å². The summed E-state index contributed by atoms with van der Waals surface area (Å²) in [5.74, 6) is -1.02. The third kappa shape index (κ3) is 6.35. The highest BCUT2D eigenvalue weighted by atomic mass is 32.2. The van der Waals surface area contributed by atoms with E-state index >= 15 is 0 Å². The number of ketones is 1. The molecule has 0 radical (unpaired) electrons. The van der Waals surface area contributed by atoms with E-state index in [1.54, 1.807) is 49.9 Å². The fraction of sp³-hybridized carbons (Fsp3) is 0.655. The molecule has 1 saturated carbocycles. The number of rotatable bonds is 8. The Kier molecular flexibility index (Phi) is 8.45. The molecule has 2 aliphatic heterocycles. The van der Waals surface area contributed by atoms with Gasteiger partial charge in [0.2, 0.25) is 5.91 Å². The van der Waals surface area contributed by atoms with Gasteiger partial charge in [0.1, 0.15) is 17.7 Å². The quantitative estimate of drug-likeness (QED) is 0.362. The third-order valence-electron chi connectivity index (χ3n) is 7.50. The first-order valence-electron chi connectivity index (χ1n) is 13.6. The molecular formula is C29H40N2O6S. The Hall–Kier alpha value is -2.55. The van der Waals surface area contributed by atoms with E-state index in [2.05, 4.69) is 5.32 Å². The van der Waals surface area contributed by atoms with E-state index in [0.717, 1.165) is 12.8 Å². The van der Waals surface area contributed by atoms with Crippen molar-refractivity contribution in [2.45, 2.75) is 101 Å². The molecule has 38 heavy (non-hydrogen) atoms.